The van der Waals surface area contributed by atoms with Crippen molar-refractivity contribution in [2.75, 3.05) is 39.6 Å². The summed E-state index contributed by atoms with van der Waals surface area (Å²) in [5.74, 6) is -1.66. The molecule has 1 saturated heterocycles. The second-order valence-electron chi connectivity index (χ2n) is 17.6. The molecule has 3 aromatic rings. The highest BCUT2D eigenvalue weighted by molar-refractivity contribution is 7.13. The van der Waals surface area contributed by atoms with Gasteiger partial charge in [-0.25, -0.2) is 9.37 Å². The summed E-state index contributed by atoms with van der Waals surface area (Å²) in [6, 6.07) is 11.6. The molecule has 2 fully saturated rings. The van der Waals surface area contributed by atoms with Gasteiger partial charge in [0.25, 0.3) is 5.91 Å². The van der Waals surface area contributed by atoms with Crippen LogP contribution in [0, 0.1) is 12.3 Å². The maximum Gasteiger partial charge on any atom is 0.258 e. The number of aliphatic hydroxyl groups excluding tert-OH is 1. The van der Waals surface area contributed by atoms with Crippen LogP contribution in [0.25, 0.3) is 10.4 Å². The number of hydrogen-bond donors (Lipinski definition) is 5. The molecule has 2 aromatic carbocycles. The summed E-state index contributed by atoms with van der Waals surface area (Å²) >= 11 is 1.51. The first-order valence-corrected chi connectivity index (χ1v) is 22.6. The number of primary amides is 1. The number of alkyl halides is 1. The van der Waals surface area contributed by atoms with Gasteiger partial charge in [-0.1, -0.05) is 57.2 Å². The Labute approximate surface area is 373 Å². The number of carbonyl (C=O) groups is 4. The standard InChI is InChI=1S/C46H65FN6O9S/c1-29-40(63-28-51-29)33-12-13-34(25-50-42(56)37-24-35(54)26-53(37)43(57)41(45(3,4)5)52-44(58)46(47)16-17-46)38(23-33)61-22-21-60-20-19-59-18-6-7-31-8-10-32(11-9-31)27-62-30(2)36(48)14-15-39(49)55/h8-13,23,28,30,35-37,41,54H,6-7,14-22,24-27,48H2,1-5H3,(H2,49,55)(H,50,56)(H,52,58)/t30-,35-,36+,37+,41-/m1/s1. The van der Waals surface area contributed by atoms with Crippen LogP contribution in [0.4, 0.5) is 4.39 Å². The number of rotatable bonds is 25. The molecule has 0 radical (unpaired) electrons. The van der Waals surface area contributed by atoms with E-state index in [1.165, 1.54) is 21.8 Å². The van der Waals surface area contributed by atoms with Crippen molar-refractivity contribution in [3.05, 3.63) is 70.4 Å². The number of aliphatic hydroxyl groups is 1. The van der Waals surface area contributed by atoms with Gasteiger partial charge in [0, 0.05) is 44.1 Å². The maximum atomic E-state index is 14.6. The van der Waals surface area contributed by atoms with Crippen LogP contribution in [0.5, 0.6) is 5.75 Å². The zero-order valence-corrected chi connectivity index (χ0v) is 38.0. The van der Waals surface area contributed by atoms with E-state index in [4.69, 9.17) is 30.4 Å². The van der Waals surface area contributed by atoms with E-state index in [1.807, 2.05) is 44.2 Å². The number of hydrogen-bond acceptors (Lipinski definition) is 12. The lowest BCUT2D eigenvalue weighted by Gasteiger charge is -2.35. The van der Waals surface area contributed by atoms with Gasteiger partial charge >= 0.3 is 0 Å². The zero-order valence-electron chi connectivity index (χ0n) is 37.2. The Bertz CT molecular complexity index is 1990. The lowest BCUT2D eigenvalue weighted by Crippen LogP contribution is -2.59. The first-order chi connectivity index (χ1) is 29.9. The Morgan fingerprint density at radius 3 is 2.37 bits per heavy atom. The maximum absolute atomic E-state index is 14.6. The number of halogens is 1. The van der Waals surface area contributed by atoms with Gasteiger partial charge in [0.1, 0.15) is 24.4 Å². The molecule has 17 heteroatoms. The van der Waals surface area contributed by atoms with Crippen molar-refractivity contribution >= 4 is 35.0 Å². The summed E-state index contributed by atoms with van der Waals surface area (Å²) < 4.78 is 38.3. The molecule has 1 saturated carbocycles. The van der Waals surface area contributed by atoms with E-state index in [2.05, 4.69) is 27.8 Å². The van der Waals surface area contributed by atoms with Gasteiger partial charge in [-0.15, -0.1) is 11.3 Å². The van der Waals surface area contributed by atoms with Crippen molar-refractivity contribution in [2.45, 2.75) is 129 Å². The van der Waals surface area contributed by atoms with Crippen LogP contribution in [-0.4, -0.2) is 114 Å². The molecule has 4 amide bonds. The van der Waals surface area contributed by atoms with Crippen molar-refractivity contribution in [3.8, 4) is 16.2 Å². The van der Waals surface area contributed by atoms with E-state index in [-0.39, 0.29) is 63.4 Å². The fourth-order valence-corrected chi connectivity index (χ4v) is 7.98. The van der Waals surface area contributed by atoms with Crippen LogP contribution < -0.4 is 26.8 Å². The quantitative estimate of drug-likeness (QED) is 0.0757. The van der Waals surface area contributed by atoms with Crippen molar-refractivity contribution in [2.24, 2.45) is 16.9 Å². The summed E-state index contributed by atoms with van der Waals surface area (Å²) in [7, 11) is 0. The number of nitrogens with one attached hydrogen (secondary N) is 2. The predicted octanol–water partition coefficient (Wildman–Crippen LogP) is 4.27. The molecule has 1 aliphatic heterocycles. The molecule has 15 nitrogen and oxygen atoms in total. The van der Waals surface area contributed by atoms with E-state index in [9.17, 15) is 28.7 Å². The third-order valence-corrected chi connectivity index (χ3v) is 12.3. The first kappa shape index (κ1) is 49.5. The van der Waals surface area contributed by atoms with Gasteiger partial charge < -0.3 is 51.1 Å². The van der Waals surface area contributed by atoms with Crippen LogP contribution in [-0.2, 0) is 53.0 Å². The highest BCUT2D eigenvalue weighted by Crippen LogP contribution is 2.40. The number of ether oxygens (including phenoxy) is 4. The molecule has 1 aliphatic carbocycles. The van der Waals surface area contributed by atoms with Crippen molar-refractivity contribution < 1.29 is 47.6 Å². The second kappa shape index (κ2) is 22.9. The molecule has 2 aliphatic rings. The third kappa shape index (κ3) is 14.8. The Morgan fingerprint density at radius 1 is 1.03 bits per heavy atom. The highest BCUT2D eigenvalue weighted by Gasteiger charge is 2.53. The molecular weight excluding hydrogens is 832 g/mol. The van der Waals surface area contributed by atoms with Gasteiger partial charge in [-0.05, 0) is 74.1 Å². The fourth-order valence-electron chi connectivity index (χ4n) is 7.18. The van der Waals surface area contributed by atoms with Crippen LogP contribution in [0.3, 0.4) is 0 Å². The number of carbonyl (C=O) groups excluding carboxylic acids is 4. The number of amides is 4. The molecular formula is C46H65FN6O9S. The molecule has 2 heterocycles. The molecule has 0 bridgehead atoms. The smallest absolute Gasteiger partial charge is 0.258 e. The Morgan fingerprint density at radius 2 is 1.71 bits per heavy atom. The lowest BCUT2D eigenvalue weighted by atomic mass is 9.85. The van der Waals surface area contributed by atoms with E-state index in [1.54, 1.807) is 26.3 Å². The number of nitrogens with two attached hydrogens (primary N) is 2. The monoisotopic (exact) mass is 896 g/mol. The lowest BCUT2D eigenvalue weighted by molar-refractivity contribution is -0.145. The van der Waals surface area contributed by atoms with Gasteiger partial charge in [-0.3, -0.25) is 19.2 Å². The number of benzene rings is 2. The minimum atomic E-state index is -1.97. The first-order valence-electron chi connectivity index (χ1n) is 21.8. The molecule has 5 rings (SSSR count). The Hall–Kier alpha value is -4.52. The minimum absolute atomic E-state index is 0.0215. The Balaban J connectivity index is 1.05. The van der Waals surface area contributed by atoms with Crippen LogP contribution >= 0.6 is 11.3 Å². The topological polar surface area (TPSA) is 218 Å². The molecule has 0 spiro atoms. The van der Waals surface area contributed by atoms with Crippen LogP contribution in [0.1, 0.15) is 88.6 Å². The van der Waals surface area contributed by atoms with E-state index in [0.717, 1.165) is 34.5 Å². The summed E-state index contributed by atoms with van der Waals surface area (Å²) in [4.78, 5) is 57.9. The minimum Gasteiger partial charge on any atom is -0.491 e. The summed E-state index contributed by atoms with van der Waals surface area (Å²) in [5, 5.41) is 16.1. The molecule has 63 heavy (non-hydrogen) atoms. The molecule has 1 aromatic heterocycles. The average molecular weight is 897 g/mol. The largest absolute Gasteiger partial charge is 0.491 e. The summed E-state index contributed by atoms with van der Waals surface area (Å²) in [6.45, 7) is 11.5. The van der Waals surface area contributed by atoms with Crippen molar-refractivity contribution in [3.63, 3.8) is 0 Å². The van der Waals surface area contributed by atoms with Gasteiger partial charge in [-0.2, -0.15) is 0 Å². The fraction of sp³-hybridized carbons (Fsp3) is 0.587. The average Bonchev–Trinajstić information content (AvgIpc) is 3.65. The summed E-state index contributed by atoms with van der Waals surface area (Å²) in [5.41, 5.74) is 15.1. The van der Waals surface area contributed by atoms with Gasteiger partial charge in [0.2, 0.25) is 17.7 Å². The van der Waals surface area contributed by atoms with E-state index in [0.29, 0.717) is 50.8 Å². The number of aromatic nitrogens is 1. The van der Waals surface area contributed by atoms with Crippen LogP contribution in [0.15, 0.2) is 48.0 Å². The number of aryl methyl sites for hydroxylation is 2. The zero-order chi connectivity index (χ0) is 45.7. The number of nitrogens with zero attached hydrogens (tertiary/aromatic N) is 2. The van der Waals surface area contributed by atoms with Crippen LogP contribution in [0.2, 0.25) is 0 Å². The van der Waals surface area contributed by atoms with Gasteiger partial charge in [0.05, 0.1) is 54.7 Å². The second-order valence-corrected chi connectivity index (χ2v) is 18.5. The van der Waals surface area contributed by atoms with Crippen molar-refractivity contribution in [1.82, 2.24) is 20.5 Å². The number of β-amino-alcohol motifs (C(OH)–C–C–N with tert-alkyl or cyclic N) is 1. The number of likely N-dealkylation sites (tertiary alicyclic amines) is 1. The van der Waals surface area contributed by atoms with Crippen molar-refractivity contribution in [1.29, 1.82) is 0 Å². The highest BCUT2D eigenvalue weighted by atomic mass is 32.1. The molecule has 346 valence electrons. The molecule has 7 N–H and O–H groups in total. The number of thiazole rings is 1. The van der Waals surface area contributed by atoms with Gasteiger partial charge in [0.15, 0.2) is 5.67 Å². The van der Waals surface area contributed by atoms with E-state index < -0.39 is 47.0 Å². The molecule has 0 unspecified atom stereocenters. The SMILES string of the molecule is Cc1ncsc1-c1ccc(CNC(=O)[C@@H]2C[C@@H](O)CN2C(=O)[C@@H](NC(=O)C2(F)CC2)C(C)(C)C)c(OCCOCCOCCCc2ccc(CO[C@H](C)[C@@H](N)CCC(N)=O)cc2)c1. The Kier molecular flexibility index (Phi) is 18.0. The third-order valence-electron chi connectivity index (χ3n) is 11.4. The predicted molar refractivity (Wildman–Crippen MR) is 237 cm³/mol. The normalized spacial score (nSPS) is 18.4. The molecule has 5 atom stereocenters. The van der Waals surface area contributed by atoms with E-state index >= 15 is 0 Å². The summed E-state index contributed by atoms with van der Waals surface area (Å²) in [6.07, 6.45) is 1.55.